The van der Waals surface area contributed by atoms with Crippen LogP contribution in [0.25, 0.3) is 0 Å². The van der Waals surface area contributed by atoms with Crippen LogP contribution in [0.5, 0.6) is 5.75 Å². The molecule has 1 saturated carbocycles. The molecule has 0 unspecified atom stereocenters. The Morgan fingerprint density at radius 1 is 1.50 bits per heavy atom. The Balaban J connectivity index is 2.00. The van der Waals surface area contributed by atoms with Gasteiger partial charge in [0.1, 0.15) is 5.75 Å². The molecule has 0 aliphatic heterocycles. The number of halogens is 1. The van der Waals surface area contributed by atoms with Crippen molar-refractivity contribution in [2.45, 2.75) is 26.2 Å². The van der Waals surface area contributed by atoms with Crippen LogP contribution in [-0.4, -0.2) is 12.4 Å². The fourth-order valence-corrected chi connectivity index (χ4v) is 1.94. The average molecular weight is 239 g/mol. The van der Waals surface area contributed by atoms with Crippen LogP contribution in [0.2, 0.25) is 5.02 Å². The standard InChI is InChI=1S/C13H15ClO2/c1-9(15)11-5-6-13(12(14)7-11)16-8-10-3-2-4-10/h5-7,10H,2-4,8H2,1H3. The molecule has 0 spiro atoms. The van der Waals surface area contributed by atoms with Gasteiger partial charge in [-0.2, -0.15) is 0 Å². The number of hydrogen-bond acceptors (Lipinski definition) is 2. The van der Waals surface area contributed by atoms with Gasteiger partial charge in [-0.3, -0.25) is 4.79 Å². The molecule has 1 fully saturated rings. The summed E-state index contributed by atoms with van der Waals surface area (Å²) < 4.78 is 5.63. The van der Waals surface area contributed by atoms with Crippen molar-refractivity contribution >= 4 is 17.4 Å². The lowest BCUT2D eigenvalue weighted by Gasteiger charge is -2.25. The van der Waals surface area contributed by atoms with Crippen LogP contribution in [0.3, 0.4) is 0 Å². The van der Waals surface area contributed by atoms with E-state index in [1.807, 2.05) is 0 Å². The topological polar surface area (TPSA) is 26.3 Å². The molecule has 1 aromatic rings. The first-order valence-electron chi connectivity index (χ1n) is 5.60. The summed E-state index contributed by atoms with van der Waals surface area (Å²) in [6.07, 6.45) is 3.82. The Morgan fingerprint density at radius 3 is 2.75 bits per heavy atom. The van der Waals surface area contributed by atoms with E-state index < -0.39 is 0 Å². The highest BCUT2D eigenvalue weighted by atomic mass is 35.5. The predicted molar refractivity (Wildman–Crippen MR) is 64.3 cm³/mol. The quantitative estimate of drug-likeness (QED) is 0.748. The summed E-state index contributed by atoms with van der Waals surface area (Å²) in [6.45, 7) is 2.26. The zero-order chi connectivity index (χ0) is 11.5. The van der Waals surface area contributed by atoms with Crippen molar-refractivity contribution in [1.29, 1.82) is 0 Å². The van der Waals surface area contributed by atoms with Crippen LogP contribution in [0, 0.1) is 5.92 Å². The Kier molecular flexibility index (Phi) is 3.49. The molecule has 0 atom stereocenters. The number of benzene rings is 1. The molecule has 0 saturated heterocycles. The third-order valence-corrected chi connectivity index (χ3v) is 3.33. The number of ether oxygens (including phenoxy) is 1. The van der Waals surface area contributed by atoms with E-state index >= 15 is 0 Å². The second-order valence-electron chi connectivity index (χ2n) is 4.31. The average Bonchev–Trinajstić information content (AvgIpc) is 2.17. The minimum atomic E-state index is 0.0208. The molecule has 0 N–H and O–H groups in total. The normalized spacial score (nSPS) is 15.6. The Bertz CT molecular complexity index is 397. The van der Waals surface area contributed by atoms with E-state index in [0.29, 0.717) is 22.3 Å². The third kappa shape index (κ3) is 2.56. The highest BCUT2D eigenvalue weighted by Gasteiger charge is 2.18. The molecule has 0 amide bonds. The molecular weight excluding hydrogens is 224 g/mol. The molecule has 0 bridgehead atoms. The lowest BCUT2D eigenvalue weighted by molar-refractivity contribution is 0.101. The number of ketones is 1. The van der Waals surface area contributed by atoms with E-state index in [-0.39, 0.29) is 5.78 Å². The predicted octanol–water partition coefficient (Wildman–Crippen LogP) is 3.72. The first kappa shape index (κ1) is 11.5. The minimum absolute atomic E-state index is 0.0208. The van der Waals surface area contributed by atoms with Crippen LogP contribution in [0.1, 0.15) is 36.5 Å². The van der Waals surface area contributed by atoms with Gasteiger partial charge < -0.3 is 4.74 Å². The van der Waals surface area contributed by atoms with Gasteiger partial charge in [0.2, 0.25) is 0 Å². The molecule has 3 heteroatoms. The van der Waals surface area contributed by atoms with Crippen molar-refractivity contribution in [3.05, 3.63) is 28.8 Å². The molecule has 1 aromatic carbocycles. The van der Waals surface area contributed by atoms with Crippen LogP contribution in [0.15, 0.2) is 18.2 Å². The first-order chi connectivity index (χ1) is 7.66. The number of carbonyl (C=O) groups is 1. The lowest BCUT2D eigenvalue weighted by Crippen LogP contribution is -2.19. The van der Waals surface area contributed by atoms with Gasteiger partial charge >= 0.3 is 0 Å². The molecule has 0 heterocycles. The van der Waals surface area contributed by atoms with E-state index in [4.69, 9.17) is 16.3 Å². The van der Waals surface area contributed by atoms with Crippen molar-refractivity contribution in [2.75, 3.05) is 6.61 Å². The summed E-state index contributed by atoms with van der Waals surface area (Å²) in [5.41, 5.74) is 0.626. The molecule has 2 rings (SSSR count). The zero-order valence-corrected chi connectivity index (χ0v) is 10.1. The van der Waals surface area contributed by atoms with Gasteiger partial charge in [-0.05, 0) is 43.9 Å². The fraction of sp³-hybridized carbons (Fsp3) is 0.462. The monoisotopic (exact) mass is 238 g/mol. The third-order valence-electron chi connectivity index (χ3n) is 3.04. The van der Waals surface area contributed by atoms with E-state index in [1.165, 1.54) is 26.2 Å². The molecule has 1 aliphatic carbocycles. The van der Waals surface area contributed by atoms with Crippen molar-refractivity contribution < 1.29 is 9.53 Å². The van der Waals surface area contributed by atoms with Crippen molar-refractivity contribution in [1.82, 2.24) is 0 Å². The van der Waals surface area contributed by atoms with Crippen LogP contribution in [0.4, 0.5) is 0 Å². The van der Waals surface area contributed by atoms with Gasteiger partial charge in [-0.1, -0.05) is 18.0 Å². The van der Waals surface area contributed by atoms with Gasteiger partial charge in [0.25, 0.3) is 0 Å². The van der Waals surface area contributed by atoms with E-state index in [1.54, 1.807) is 18.2 Å². The Labute approximate surface area is 101 Å². The SMILES string of the molecule is CC(=O)c1ccc(OCC2CCC2)c(Cl)c1. The lowest BCUT2D eigenvalue weighted by atomic mass is 9.86. The summed E-state index contributed by atoms with van der Waals surface area (Å²) in [7, 11) is 0. The second-order valence-corrected chi connectivity index (χ2v) is 4.72. The number of rotatable bonds is 4. The van der Waals surface area contributed by atoms with Crippen LogP contribution < -0.4 is 4.74 Å². The van der Waals surface area contributed by atoms with Crippen LogP contribution >= 0.6 is 11.6 Å². The maximum Gasteiger partial charge on any atom is 0.159 e. The number of carbonyl (C=O) groups excluding carboxylic acids is 1. The molecule has 86 valence electrons. The van der Waals surface area contributed by atoms with E-state index in [9.17, 15) is 4.79 Å². The fourth-order valence-electron chi connectivity index (χ4n) is 1.70. The van der Waals surface area contributed by atoms with Gasteiger partial charge in [0.15, 0.2) is 5.78 Å². The van der Waals surface area contributed by atoms with Crippen molar-refractivity contribution in [2.24, 2.45) is 5.92 Å². The maximum atomic E-state index is 11.1. The summed E-state index contributed by atoms with van der Waals surface area (Å²) >= 11 is 6.04. The molecular formula is C13H15ClO2. The molecule has 0 aromatic heterocycles. The smallest absolute Gasteiger partial charge is 0.159 e. The molecule has 2 nitrogen and oxygen atoms in total. The van der Waals surface area contributed by atoms with Gasteiger partial charge in [-0.25, -0.2) is 0 Å². The van der Waals surface area contributed by atoms with Gasteiger partial charge in [0, 0.05) is 5.56 Å². The summed E-state index contributed by atoms with van der Waals surface area (Å²) in [4.78, 5) is 11.1. The summed E-state index contributed by atoms with van der Waals surface area (Å²) in [5.74, 6) is 1.38. The number of hydrogen-bond donors (Lipinski definition) is 0. The van der Waals surface area contributed by atoms with Crippen molar-refractivity contribution in [3.63, 3.8) is 0 Å². The summed E-state index contributed by atoms with van der Waals surface area (Å²) in [6, 6.07) is 5.20. The van der Waals surface area contributed by atoms with E-state index in [0.717, 1.165) is 6.61 Å². The first-order valence-corrected chi connectivity index (χ1v) is 5.98. The zero-order valence-electron chi connectivity index (χ0n) is 9.33. The molecule has 0 radical (unpaired) electrons. The largest absolute Gasteiger partial charge is 0.492 e. The van der Waals surface area contributed by atoms with Gasteiger partial charge in [-0.15, -0.1) is 0 Å². The highest BCUT2D eigenvalue weighted by Crippen LogP contribution is 2.30. The van der Waals surface area contributed by atoms with Gasteiger partial charge in [0.05, 0.1) is 11.6 Å². The maximum absolute atomic E-state index is 11.1. The highest BCUT2D eigenvalue weighted by molar-refractivity contribution is 6.32. The summed E-state index contributed by atoms with van der Waals surface area (Å²) in [5, 5.41) is 0.520. The minimum Gasteiger partial charge on any atom is -0.492 e. The molecule has 16 heavy (non-hydrogen) atoms. The van der Waals surface area contributed by atoms with Crippen LogP contribution in [-0.2, 0) is 0 Å². The number of Topliss-reactive ketones (excluding diaryl/α,β-unsaturated/α-hetero) is 1. The second kappa shape index (κ2) is 4.88. The van der Waals surface area contributed by atoms with Crippen molar-refractivity contribution in [3.8, 4) is 5.75 Å². The van der Waals surface area contributed by atoms with E-state index in [2.05, 4.69) is 0 Å². The Hall–Kier alpha value is -1.02. The Morgan fingerprint density at radius 2 is 2.25 bits per heavy atom. The molecule has 1 aliphatic rings.